The largest absolute Gasteiger partial charge is 0.461 e. The number of esters is 1. The van der Waals surface area contributed by atoms with E-state index in [1.54, 1.807) is 0 Å². The number of nitrogens with one attached hydrogen (secondary N) is 1. The maximum Gasteiger partial charge on any atom is 0.302 e. The second-order valence-corrected chi connectivity index (χ2v) is 3.63. The Morgan fingerprint density at radius 3 is 2.27 bits per heavy atom. The fraction of sp³-hybridized carbons (Fsp3) is 0.417. The molecule has 1 N–H and O–H groups in total. The van der Waals surface area contributed by atoms with Crippen molar-refractivity contribution in [2.45, 2.75) is 27.4 Å². The number of rotatable bonds is 3. The quantitative estimate of drug-likeness (QED) is 0.773. The third-order valence-electron chi connectivity index (χ3n) is 2.28. The molecule has 0 aromatic heterocycles. The van der Waals surface area contributed by atoms with E-state index >= 15 is 0 Å². The van der Waals surface area contributed by atoms with Crippen LogP contribution in [0.1, 0.15) is 23.6 Å². The Labute approximate surface area is 90.4 Å². The normalized spacial score (nSPS) is 9.87. The van der Waals surface area contributed by atoms with Crippen molar-refractivity contribution in [2.75, 3.05) is 12.4 Å². The number of carbonyl (C=O) groups is 1. The van der Waals surface area contributed by atoms with Crippen molar-refractivity contribution >= 4 is 11.7 Å². The SMILES string of the molecule is CNc1c(C)cc(COC(C)=O)cc1C. The van der Waals surface area contributed by atoms with E-state index in [2.05, 4.69) is 5.32 Å². The Hall–Kier alpha value is -1.51. The van der Waals surface area contributed by atoms with Gasteiger partial charge in [0, 0.05) is 19.7 Å². The van der Waals surface area contributed by atoms with Gasteiger partial charge in [0.2, 0.25) is 0 Å². The lowest BCUT2D eigenvalue weighted by Gasteiger charge is -2.11. The van der Waals surface area contributed by atoms with E-state index < -0.39 is 0 Å². The maximum atomic E-state index is 10.7. The molecule has 0 bridgehead atoms. The molecule has 3 nitrogen and oxygen atoms in total. The predicted octanol–water partition coefficient (Wildman–Crippen LogP) is 2.41. The molecule has 3 heteroatoms. The number of ether oxygens (including phenoxy) is 1. The molecule has 0 radical (unpaired) electrons. The van der Waals surface area contributed by atoms with Crippen LogP contribution < -0.4 is 5.32 Å². The van der Waals surface area contributed by atoms with Gasteiger partial charge >= 0.3 is 5.97 Å². The molecule has 0 amide bonds. The summed E-state index contributed by atoms with van der Waals surface area (Å²) in [6.07, 6.45) is 0. The van der Waals surface area contributed by atoms with Gasteiger partial charge in [-0.05, 0) is 30.5 Å². The monoisotopic (exact) mass is 207 g/mol. The van der Waals surface area contributed by atoms with Gasteiger partial charge in [0.05, 0.1) is 0 Å². The first-order chi connectivity index (χ1) is 7.04. The third kappa shape index (κ3) is 2.98. The van der Waals surface area contributed by atoms with Crippen LogP contribution in [0, 0.1) is 13.8 Å². The summed E-state index contributed by atoms with van der Waals surface area (Å²) in [6, 6.07) is 4.06. The molecule has 0 aliphatic heterocycles. The molecular weight excluding hydrogens is 190 g/mol. The summed E-state index contributed by atoms with van der Waals surface area (Å²) >= 11 is 0. The summed E-state index contributed by atoms with van der Waals surface area (Å²) in [5.41, 5.74) is 4.50. The molecule has 0 spiro atoms. The first-order valence-electron chi connectivity index (χ1n) is 4.96. The Bertz CT molecular complexity index is 349. The van der Waals surface area contributed by atoms with Crippen molar-refractivity contribution in [1.82, 2.24) is 0 Å². The fourth-order valence-corrected chi connectivity index (χ4v) is 1.72. The Kier molecular flexibility index (Phi) is 3.72. The molecular formula is C12H17NO2. The number of hydrogen-bond donors (Lipinski definition) is 1. The highest BCUT2D eigenvalue weighted by Crippen LogP contribution is 2.21. The highest BCUT2D eigenvalue weighted by Gasteiger charge is 2.04. The van der Waals surface area contributed by atoms with E-state index in [1.165, 1.54) is 18.1 Å². The number of hydrogen-bond acceptors (Lipinski definition) is 3. The molecule has 82 valence electrons. The molecule has 0 atom stereocenters. The molecule has 0 aliphatic rings. The van der Waals surface area contributed by atoms with Crippen LogP contribution in [0.4, 0.5) is 5.69 Å². The topological polar surface area (TPSA) is 38.3 Å². The summed E-state index contributed by atoms with van der Waals surface area (Å²) in [6.45, 7) is 5.84. The van der Waals surface area contributed by atoms with Gasteiger partial charge in [-0.2, -0.15) is 0 Å². The van der Waals surface area contributed by atoms with E-state index in [0.717, 1.165) is 11.3 Å². The average Bonchev–Trinajstić information content (AvgIpc) is 2.14. The molecule has 1 aromatic rings. The molecule has 0 saturated heterocycles. The number of carbonyl (C=O) groups excluding carboxylic acids is 1. The minimum atomic E-state index is -0.247. The average molecular weight is 207 g/mol. The molecule has 0 unspecified atom stereocenters. The van der Waals surface area contributed by atoms with Crippen LogP contribution in [0.25, 0.3) is 0 Å². The van der Waals surface area contributed by atoms with Crippen LogP contribution in [0.2, 0.25) is 0 Å². The first-order valence-corrected chi connectivity index (χ1v) is 4.96. The molecule has 0 aliphatic carbocycles. The minimum Gasteiger partial charge on any atom is -0.461 e. The number of anilines is 1. The highest BCUT2D eigenvalue weighted by molar-refractivity contribution is 5.66. The van der Waals surface area contributed by atoms with Crippen molar-refractivity contribution < 1.29 is 9.53 Å². The molecule has 15 heavy (non-hydrogen) atoms. The van der Waals surface area contributed by atoms with Gasteiger partial charge in [0.15, 0.2) is 0 Å². The third-order valence-corrected chi connectivity index (χ3v) is 2.28. The van der Waals surface area contributed by atoms with E-state index in [9.17, 15) is 4.79 Å². The lowest BCUT2D eigenvalue weighted by molar-refractivity contribution is -0.142. The van der Waals surface area contributed by atoms with E-state index in [1.807, 2.05) is 33.0 Å². The lowest BCUT2D eigenvalue weighted by Crippen LogP contribution is -2.01. The second-order valence-electron chi connectivity index (χ2n) is 3.63. The van der Waals surface area contributed by atoms with Crippen LogP contribution >= 0.6 is 0 Å². The van der Waals surface area contributed by atoms with Gasteiger partial charge in [-0.1, -0.05) is 12.1 Å². The first kappa shape index (κ1) is 11.6. The minimum absolute atomic E-state index is 0.247. The van der Waals surface area contributed by atoms with Gasteiger partial charge in [-0.15, -0.1) is 0 Å². The Morgan fingerprint density at radius 2 is 1.87 bits per heavy atom. The molecule has 0 saturated carbocycles. The van der Waals surface area contributed by atoms with E-state index in [0.29, 0.717) is 6.61 Å². The van der Waals surface area contributed by atoms with E-state index in [4.69, 9.17) is 4.74 Å². The molecule has 1 aromatic carbocycles. The predicted molar refractivity (Wildman–Crippen MR) is 60.9 cm³/mol. The smallest absolute Gasteiger partial charge is 0.302 e. The van der Waals surface area contributed by atoms with Crippen molar-refractivity contribution in [1.29, 1.82) is 0 Å². The van der Waals surface area contributed by atoms with Crippen molar-refractivity contribution in [3.8, 4) is 0 Å². The zero-order valence-electron chi connectivity index (χ0n) is 9.68. The second kappa shape index (κ2) is 4.82. The molecule has 0 heterocycles. The van der Waals surface area contributed by atoms with Crippen LogP contribution in [-0.4, -0.2) is 13.0 Å². The zero-order valence-corrected chi connectivity index (χ0v) is 9.68. The van der Waals surface area contributed by atoms with Crippen LogP contribution in [-0.2, 0) is 16.1 Å². The summed E-state index contributed by atoms with van der Waals surface area (Å²) in [7, 11) is 1.90. The van der Waals surface area contributed by atoms with Crippen LogP contribution in [0.3, 0.4) is 0 Å². The van der Waals surface area contributed by atoms with Gasteiger partial charge in [0.1, 0.15) is 6.61 Å². The van der Waals surface area contributed by atoms with Crippen molar-refractivity contribution in [2.24, 2.45) is 0 Å². The van der Waals surface area contributed by atoms with Gasteiger partial charge in [-0.25, -0.2) is 0 Å². The summed E-state index contributed by atoms with van der Waals surface area (Å²) in [5.74, 6) is -0.247. The lowest BCUT2D eigenvalue weighted by atomic mass is 10.0. The zero-order chi connectivity index (χ0) is 11.4. The number of benzene rings is 1. The highest BCUT2D eigenvalue weighted by atomic mass is 16.5. The van der Waals surface area contributed by atoms with E-state index in [-0.39, 0.29) is 5.97 Å². The summed E-state index contributed by atoms with van der Waals surface area (Å²) in [5, 5.41) is 3.15. The van der Waals surface area contributed by atoms with Crippen LogP contribution in [0.15, 0.2) is 12.1 Å². The number of aryl methyl sites for hydroxylation is 2. The van der Waals surface area contributed by atoms with Gasteiger partial charge in [-0.3, -0.25) is 4.79 Å². The van der Waals surface area contributed by atoms with Crippen molar-refractivity contribution in [3.05, 3.63) is 28.8 Å². The van der Waals surface area contributed by atoms with Gasteiger partial charge in [0.25, 0.3) is 0 Å². The van der Waals surface area contributed by atoms with Crippen molar-refractivity contribution in [3.63, 3.8) is 0 Å². The summed E-state index contributed by atoms with van der Waals surface area (Å²) < 4.78 is 4.95. The Balaban J connectivity index is 2.88. The maximum absolute atomic E-state index is 10.7. The molecule has 1 rings (SSSR count). The summed E-state index contributed by atoms with van der Waals surface area (Å²) in [4.78, 5) is 10.7. The molecule has 0 fully saturated rings. The van der Waals surface area contributed by atoms with Gasteiger partial charge < -0.3 is 10.1 Å². The standard InChI is InChI=1S/C12H17NO2/c1-8-5-11(7-15-10(3)14)6-9(2)12(8)13-4/h5-6,13H,7H2,1-4H3. The fourth-order valence-electron chi connectivity index (χ4n) is 1.72. The Morgan fingerprint density at radius 1 is 1.33 bits per heavy atom. The van der Waals surface area contributed by atoms with Crippen LogP contribution in [0.5, 0.6) is 0 Å².